The van der Waals surface area contributed by atoms with Crippen LogP contribution in [0.3, 0.4) is 0 Å². The van der Waals surface area contributed by atoms with Gasteiger partial charge in [0.2, 0.25) is 0 Å². The number of hydrogen-bond donors (Lipinski definition) is 1. The van der Waals surface area contributed by atoms with Crippen LogP contribution >= 0.6 is 34.2 Å². The fraction of sp³-hybridized carbons (Fsp3) is 0. The maximum Gasteiger partial charge on any atom is 0.0416 e. The molecular weight excluding hydrogens is 248 g/mol. The summed E-state index contributed by atoms with van der Waals surface area (Å²) < 4.78 is 1.18. The highest BCUT2D eigenvalue weighted by Gasteiger charge is 1.84. The molecule has 0 aliphatic carbocycles. The first-order valence-corrected chi connectivity index (χ1v) is 3.66. The van der Waals surface area contributed by atoms with Gasteiger partial charge in [0.25, 0.3) is 0 Å². The number of benzene rings is 1. The summed E-state index contributed by atoms with van der Waals surface area (Å²) in [4.78, 5) is 0. The van der Waals surface area contributed by atoms with Crippen LogP contribution in [0, 0.1) is 3.57 Å². The quantitative estimate of drug-likeness (QED) is 0.710. The van der Waals surface area contributed by atoms with E-state index in [0.29, 0.717) is 0 Å². The molecule has 9 heavy (non-hydrogen) atoms. The predicted molar refractivity (Wildman–Crippen MR) is 49.2 cm³/mol. The van der Waals surface area contributed by atoms with Crippen LogP contribution in [0.2, 0.25) is 5.02 Å². The lowest BCUT2D eigenvalue weighted by atomic mass is 10.4. The van der Waals surface area contributed by atoms with E-state index >= 15 is 0 Å². The summed E-state index contributed by atoms with van der Waals surface area (Å²) in [6.07, 6.45) is 0. The SMILES string of the molecule is Clc1cccc(I)c1.N. The van der Waals surface area contributed by atoms with E-state index in [4.69, 9.17) is 11.6 Å². The van der Waals surface area contributed by atoms with E-state index < -0.39 is 0 Å². The minimum atomic E-state index is 0. The van der Waals surface area contributed by atoms with Crippen LogP contribution in [0.25, 0.3) is 0 Å². The lowest BCUT2D eigenvalue weighted by molar-refractivity contribution is 1.65. The molecule has 0 bridgehead atoms. The highest BCUT2D eigenvalue weighted by atomic mass is 127. The van der Waals surface area contributed by atoms with E-state index in [9.17, 15) is 0 Å². The fourth-order valence-electron chi connectivity index (χ4n) is 0.460. The molecule has 3 heteroatoms. The molecule has 3 N–H and O–H groups in total. The Hall–Kier alpha value is 0.200. The van der Waals surface area contributed by atoms with Crippen LogP contribution in [0.1, 0.15) is 0 Å². The van der Waals surface area contributed by atoms with Gasteiger partial charge in [-0.25, -0.2) is 0 Å². The Balaban J connectivity index is 0.000000640. The Labute approximate surface area is 73.1 Å². The average molecular weight is 255 g/mol. The molecule has 0 radical (unpaired) electrons. The molecule has 50 valence electrons. The minimum absolute atomic E-state index is 0. The molecule has 0 heterocycles. The Morgan fingerprint density at radius 1 is 1.33 bits per heavy atom. The summed E-state index contributed by atoms with van der Waals surface area (Å²) in [5.74, 6) is 0. The van der Waals surface area contributed by atoms with Crippen molar-refractivity contribution in [3.63, 3.8) is 0 Å². The van der Waals surface area contributed by atoms with E-state index in [1.54, 1.807) is 0 Å². The molecule has 0 saturated heterocycles. The van der Waals surface area contributed by atoms with Crippen LogP contribution in [0.5, 0.6) is 0 Å². The maximum atomic E-state index is 5.64. The van der Waals surface area contributed by atoms with Crippen LogP contribution in [0.15, 0.2) is 24.3 Å². The molecule has 0 aromatic heterocycles. The molecule has 1 nitrogen and oxygen atoms in total. The van der Waals surface area contributed by atoms with E-state index in [0.717, 1.165) is 5.02 Å². The molecule has 0 spiro atoms. The van der Waals surface area contributed by atoms with E-state index in [2.05, 4.69) is 22.6 Å². The van der Waals surface area contributed by atoms with Crippen molar-refractivity contribution in [2.24, 2.45) is 0 Å². The van der Waals surface area contributed by atoms with Crippen molar-refractivity contribution < 1.29 is 0 Å². The lowest BCUT2D eigenvalue weighted by Gasteiger charge is -1.87. The van der Waals surface area contributed by atoms with E-state index in [-0.39, 0.29) is 6.15 Å². The van der Waals surface area contributed by atoms with Gasteiger partial charge < -0.3 is 6.15 Å². The second kappa shape index (κ2) is 4.09. The third-order valence-corrected chi connectivity index (χ3v) is 1.69. The standard InChI is InChI=1S/C6H4ClI.H3N/c7-5-2-1-3-6(8)4-5;/h1-4H;1H3. The highest BCUT2D eigenvalue weighted by molar-refractivity contribution is 14.1. The Bertz CT molecular complexity index is 173. The third kappa shape index (κ3) is 3.03. The first-order valence-electron chi connectivity index (χ1n) is 2.20. The largest absolute Gasteiger partial charge is 0.344 e. The molecule has 0 amide bonds. The summed E-state index contributed by atoms with van der Waals surface area (Å²) in [6.45, 7) is 0. The smallest absolute Gasteiger partial charge is 0.0416 e. The van der Waals surface area contributed by atoms with Crippen LogP contribution in [0.4, 0.5) is 0 Å². The molecule has 0 fully saturated rings. The Kier molecular flexibility index (Phi) is 4.18. The molecular formula is C6H7ClIN. The molecule has 1 aromatic carbocycles. The average Bonchev–Trinajstić information content (AvgIpc) is 1.64. The van der Waals surface area contributed by atoms with Gasteiger partial charge >= 0.3 is 0 Å². The highest BCUT2D eigenvalue weighted by Crippen LogP contribution is 2.11. The number of rotatable bonds is 0. The fourth-order valence-corrected chi connectivity index (χ4v) is 1.38. The maximum absolute atomic E-state index is 5.64. The molecule has 1 aromatic rings. The van der Waals surface area contributed by atoms with Crippen molar-refractivity contribution >= 4 is 34.2 Å². The number of halogens is 2. The van der Waals surface area contributed by atoms with Gasteiger partial charge in [0.1, 0.15) is 0 Å². The van der Waals surface area contributed by atoms with Crippen molar-refractivity contribution in [2.75, 3.05) is 0 Å². The van der Waals surface area contributed by atoms with Gasteiger partial charge in [0, 0.05) is 8.59 Å². The van der Waals surface area contributed by atoms with E-state index in [1.807, 2.05) is 24.3 Å². The molecule has 0 atom stereocenters. The zero-order valence-electron chi connectivity index (χ0n) is 4.77. The van der Waals surface area contributed by atoms with Gasteiger partial charge in [-0.05, 0) is 40.8 Å². The lowest BCUT2D eigenvalue weighted by Crippen LogP contribution is -1.65. The Morgan fingerprint density at radius 3 is 2.33 bits per heavy atom. The van der Waals surface area contributed by atoms with Gasteiger partial charge in [0.05, 0.1) is 0 Å². The Morgan fingerprint density at radius 2 is 2.00 bits per heavy atom. The zero-order chi connectivity index (χ0) is 5.98. The van der Waals surface area contributed by atoms with Crippen molar-refractivity contribution in [3.8, 4) is 0 Å². The van der Waals surface area contributed by atoms with Gasteiger partial charge in [-0.15, -0.1) is 0 Å². The molecule has 0 aliphatic heterocycles. The topological polar surface area (TPSA) is 35.0 Å². The zero-order valence-corrected chi connectivity index (χ0v) is 7.69. The first-order chi connectivity index (χ1) is 3.79. The summed E-state index contributed by atoms with van der Waals surface area (Å²) in [6, 6.07) is 7.72. The van der Waals surface area contributed by atoms with E-state index in [1.165, 1.54) is 3.57 Å². The monoisotopic (exact) mass is 255 g/mol. The second-order valence-corrected chi connectivity index (χ2v) is 3.12. The second-order valence-electron chi connectivity index (χ2n) is 1.44. The van der Waals surface area contributed by atoms with Crippen molar-refractivity contribution in [3.05, 3.63) is 32.9 Å². The van der Waals surface area contributed by atoms with Crippen LogP contribution in [-0.2, 0) is 0 Å². The number of hydrogen-bond acceptors (Lipinski definition) is 1. The van der Waals surface area contributed by atoms with Crippen LogP contribution in [-0.4, -0.2) is 0 Å². The molecule has 0 unspecified atom stereocenters. The van der Waals surface area contributed by atoms with Crippen molar-refractivity contribution in [2.45, 2.75) is 0 Å². The van der Waals surface area contributed by atoms with Gasteiger partial charge in [-0.3, -0.25) is 0 Å². The molecule has 1 rings (SSSR count). The predicted octanol–water partition coefficient (Wildman–Crippen LogP) is 3.11. The van der Waals surface area contributed by atoms with Crippen molar-refractivity contribution in [1.82, 2.24) is 6.15 Å². The van der Waals surface area contributed by atoms with Crippen LogP contribution < -0.4 is 6.15 Å². The summed E-state index contributed by atoms with van der Waals surface area (Å²) in [7, 11) is 0. The molecule has 0 saturated carbocycles. The first kappa shape index (κ1) is 9.20. The van der Waals surface area contributed by atoms with Gasteiger partial charge in [-0.2, -0.15) is 0 Å². The molecule has 0 aliphatic rings. The van der Waals surface area contributed by atoms with Gasteiger partial charge in [0.15, 0.2) is 0 Å². The van der Waals surface area contributed by atoms with Crippen molar-refractivity contribution in [1.29, 1.82) is 0 Å². The summed E-state index contributed by atoms with van der Waals surface area (Å²) in [5, 5.41) is 0.803. The minimum Gasteiger partial charge on any atom is -0.344 e. The normalized spacial score (nSPS) is 8.22. The van der Waals surface area contributed by atoms with Gasteiger partial charge in [-0.1, -0.05) is 17.7 Å². The third-order valence-electron chi connectivity index (χ3n) is 0.787. The summed E-state index contributed by atoms with van der Waals surface area (Å²) in [5.41, 5.74) is 0. The summed E-state index contributed by atoms with van der Waals surface area (Å²) >= 11 is 7.86.